The smallest absolute Gasteiger partial charge is 0.160 e. The molecule has 0 amide bonds. The van der Waals surface area contributed by atoms with Crippen LogP contribution < -0.4 is 4.90 Å². The van der Waals surface area contributed by atoms with E-state index in [4.69, 9.17) is 0 Å². The van der Waals surface area contributed by atoms with Gasteiger partial charge in [0.05, 0.1) is 0 Å². The van der Waals surface area contributed by atoms with Crippen LogP contribution in [-0.2, 0) is 6.42 Å². The first-order valence-electron chi connectivity index (χ1n) is 9.22. The van der Waals surface area contributed by atoms with Crippen LogP contribution in [0.5, 0.6) is 0 Å². The van der Waals surface area contributed by atoms with Crippen molar-refractivity contribution in [2.45, 2.75) is 19.3 Å². The standard InChI is InChI=1S/C19H20N8/c1-2-10-27-18(5-1)23-24-19(27)12-15-4-3-9-25(13-15)16-6-7-17(22-21-16)26-11-8-20-14-26/h1-2,5-8,10-11,14-15H,3-4,9,12-13H2. The summed E-state index contributed by atoms with van der Waals surface area (Å²) in [6.45, 7) is 1.97. The van der Waals surface area contributed by atoms with Crippen molar-refractivity contribution in [3.8, 4) is 5.82 Å². The van der Waals surface area contributed by atoms with E-state index in [1.807, 2.05) is 47.3 Å². The molecule has 1 fully saturated rings. The maximum Gasteiger partial charge on any atom is 0.160 e. The summed E-state index contributed by atoms with van der Waals surface area (Å²) in [7, 11) is 0. The minimum Gasteiger partial charge on any atom is -0.355 e. The van der Waals surface area contributed by atoms with Gasteiger partial charge in [0.1, 0.15) is 12.2 Å². The van der Waals surface area contributed by atoms with Crippen molar-refractivity contribution in [3.63, 3.8) is 0 Å². The SMILES string of the molecule is c1ccn2c(CC3CCCN(c4ccc(-n5ccnc5)nn4)C3)nnc2c1. The predicted octanol–water partition coefficient (Wildman–Crippen LogP) is 2.16. The lowest BCUT2D eigenvalue weighted by atomic mass is 9.94. The van der Waals surface area contributed by atoms with Gasteiger partial charge in [-0.15, -0.1) is 20.4 Å². The predicted molar refractivity (Wildman–Crippen MR) is 101 cm³/mol. The Kier molecular flexibility index (Phi) is 4.00. The lowest BCUT2D eigenvalue weighted by Gasteiger charge is -2.33. The van der Waals surface area contributed by atoms with Crippen molar-refractivity contribution in [1.82, 2.24) is 34.3 Å². The highest BCUT2D eigenvalue weighted by molar-refractivity contribution is 5.40. The zero-order chi connectivity index (χ0) is 18.1. The second kappa shape index (κ2) is 6.79. The van der Waals surface area contributed by atoms with Crippen LogP contribution >= 0.6 is 0 Å². The maximum atomic E-state index is 4.43. The van der Waals surface area contributed by atoms with Gasteiger partial charge in [-0.05, 0) is 43.0 Å². The summed E-state index contributed by atoms with van der Waals surface area (Å²) in [5, 5.41) is 17.4. The molecule has 8 nitrogen and oxygen atoms in total. The maximum absolute atomic E-state index is 4.43. The van der Waals surface area contributed by atoms with Crippen LogP contribution in [0.1, 0.15) is 18.7 Å². The van der Waals surface area contributed by atoms with Crippen molar-refractivity contribution in [3.05, 3.63) is 61.1 Å². The number of rotatable bonds is 4. The van der Waals surface area contributed by atoms with Crippen LogP contribution in [0.15, 0.2) is 55.2 Å². The fraction of sp³-hybridized carbons (Fsp3) is 0.316. The summed E-state index contributed by atoms with van der Waals surface area (Å²) in [6, 6.07) is 10.0. The number of hydrogen-bond acceptors (Lipinski definition) is 6. The van der Waals surface area contributed by atoms with Crippen LogP contribution in [-0.4, -0.2) is 47.4 Å². The minimum absolute atomic E-state index is 0.529. The van der Waals surface area contributed by atoms with Gasteiger partial charge in [0.15, 0.2) is 17.3 Å². The topological polar surface area (TPSA) is 77.0 Å². The zero-order valence-electron chi connectivity index (χ0n) is 14.9. The lowest BCUT2D eigenvalue weighted by Crippen LogP contribution is -2.37. The number of hydrogen-bond donors (Lipinski definition) is 0. The summed E-state index contributed by atoms with van der Waals surface area (Å²) >= 11 is 0. The van der Waals surface area contributed by atoms with Crippen molar-refractivity contribution in [2.24, 2.45) is 5.92 Å². The molecule has 4 aromatic rings. The molecule has 1 saturated heterocycles. The van der Waals surface area contributed by atoms with Crippen LogP contribution in [0.4, 0.5) is 5.82 Å². The quantitative estimate of drug-likeness (QED) is 0.555. The molecule has 5 rings (SSSR count). The molecule has 1 aliphatic heterocycles. The summed E-state index contributed by atoms with van der Waals surface area (Å²) in [6.07, 6.45) is 10.6. The average molecular weight is 360 g/mol. The second-order valence-corrected chi connectivity index (χ2v) is 6.92. The Balaban J connectivity index is 1.30. The van der Waals surface area contributed by atoms with Gasteiger partial charge in [0, 0.05) is 38.1 Å². The normalized spacial score (nSPS) is 17.5. The molecule has 136 valence electrons. The van der Waals surface area contributed by atoms with E-state index in [0.717, 1.165) is 49.0 Å². The molecule has 1 aliphatic rings. The number of fused-ring (bicyclic) bond motifs is 1. The number of piperidine rings is 1. The number of nitrogens with zero attached hydrogens (tertiary/aromatic N) is 8. The Bertz CT molecular complexity index is 1020. The third-order valence-corrected chi connectivity index (χ3v) is 5.10. The van der Waals surface area contributed by atoms with Crippen molar-refractivity contribution in [2.75, 3.05) is 18.0 Å². The van der Waals surface area contributed by atoms with Gasteiger partial charge in [0.25, 0.3) is 0 Å². The van der Waals surface area contributed by atoms with Crippen LogP contribution in [0.3, 0.4) is 0 Å². The molecule has 0 aliphatic carbocycles. The number of aromatic nitrogens is 7. The van der Waals surface area contributed by atoms with E-state index in [1.165, 1.54) is 6.42 Å². The molecule has 8 heteroatoms. The van der Waals surface area contributed by atoms with Crippen molar-refractivity contribution in [1.29, 1.82) is 0 Å². The van der Waals surface area contributed by atoms with Crippen LogP contribution in [0, 0.1) is 5.92 Å². The molecular weight excluding hydrogens is 340 g/mol. The van der Waals surface area contributed by atoms with E-state index < -0.39 is 0 Å². The molecule has 0 spiro atoms. The van der Waals surface area contributed by atoms with E-state index in [2.05, 4.69) is 34.7 Å². The van der Waals surface area contributed by atoms with Gasteiger partial charge in [0.2, 0.25) is 0 Å². The first-order valence-corrected chi connectivity index (χ1v) is 9.22. The molecule has 0 radical (unpaired) electrons. The van der Waals surface area contributed by atoms with Gasteiger partial charge in [-0.2, -0.15) is 0 Å². The van der Waals surface area contributed by atoms with E-state index in [9.17, 15) is 0 Å². The highest BCUT2D eigenvalue weighted by atomic mass is 15.3. The van der Waals surface area contributed by atoms with Gasteiger partial charge >= 0.3 is 0 Å². The van der Waals surface area contributed by atoms with Gasteiger partial charge in [-0.25, -0.2) is 4.98 Å². The second-order valence-electron chi connectivity index (χ2n) is 6.92. The Morgan fingerprint density at radius 3 is 2.74 bits per heavy atom. The Morgan fingerprint density at radius 1 is 0.963 bits per heavy atom. The summed E-state index contributed by atoms with van der Waals surface area (Å²) in [5.41, 5.74) is 0.904. The number of imidazole rings is 1. The lowest BCUT2D eigenvalue weighted by molar-refractivity contribution is 0.403. The molecule has 27 heavy (non-hydrogen) atoms. The van der Waals surface area contributed by atoms with Crippen LogP contribution in [0.25, 0.3) is 11.5 Å². The molecule has 0 N–H and O–H groups in total. The first kappa shape index (κ1) is 15.9. The fourth-order valence-corrected chi connectivity index (χ4v) is 3.75. The highest BCUT2D eigenvalue weighted by Crippen LogP contribution is 2.24. The first-order chi connectivity index (χ1) is 13.4. The molecule has 0 bridgehead atoms. The highest BCUT2D eigenvalue weighted by Gasteiger charge is 2.23. The number of pyridine rings is 1. The van der Waals surface area contributed by atoms with E-state index in [1.54, 1.807) is 12.5 Å². The molecule has 4 aromatic heterocycles. The average Bonchev–Trinajstić information content (AvgIpc) is 3.39. The molecule has 1 atom stereocenters. The molecule has 1 unspecified atom stereocenters. The molecule has 0 saturated carbocycles. The Hall–Kier alpha value is -3.29. The van der Waals surface area contributed by atoms with Gasteiger partial charge in [-0.3, -0.25) is 8.97 Å². The Morgan fingerprint density at radius 2 is 1.89 bits per heavy atom. The monoisotopic (exact) mass is 360 g/mol. The van der Waals surface area contributed by atoms with Gasteiger partial charge < -0.3 is 4.90 Å². The van der Waals surface area contributed by atoms with Crippen LogP contribution in [0.2, 0.25) is 0 Å². The van der Waals surface area contributed by atoms with E-state index in [0.29, 0.717) is 5.92 Å². The third kappa shape index (κ3) is 3.14. The van der Waals surface area contributed by atoms with Crippen molar-refractivity contribution < 1.29 is 0 Å². The largest absolute Gasteiger partial charge is 0.355 e. The van der Waals surface area contributed by atoms with E-state index in [-0.39, 0.29) is 0 Å². The molecule has 5 heterocycles. The summed E-state index contributed by atoms with van der Waals surface area (Å²) in [4.78, 5) is 6.37. The van der Waals surface area contributed by atoms with E-state index >= 15 is 0 Å². The molecular formula is C19H20N8. The third-order valence-electron chi connectivity index (χ3n) is 5.10. The number of anilines is 1. The summed E-state index contributed by atoms with van der Waals surface area (Å²) < 4.78 is 3.94. The molecule has 0 aromatic carbocycles. The zero-order valence-corrected chi connectivity index (χ0v) is 14.9. The summed E-state index contributed by atoms with van der Waals surface area (Å²) in [5.74, 6) is 3.26. The fourth-order valence-electron chi connectivity index (χ4n) is 3.75. The van der Waals surface area contributed by atoms with Gasteiger partial charge in [-0.1, -0.05) is 6.07 Å². The minimum atomic E-state index is 0.529. The Labute approximate surface area is 156 Å². The van der Waals surface area contributed by atoms with Crippen molar-refractivity contribution >= 4 is 11.5 Å².